The molecule has 1 unspecified atom stereocenters. The maximum Gasteiger partial charge on any atom is 0.332 e. The number of nitrogens with one attached hydrogen (secondary N) is 1. The van der Waals surface area contributed by atoms with Gasteiger partial charge in [0.05, 0.1) is 5.39 Å². The molecule has 2 rings (SSSR count). The van der Waals surface area contributed by atoms with E-state index in [9.17, 15) is 9.59 Å². The van der Waals surface area contributed by atoms with E-state index in [4.69, 9.17) is 9.84 Å². The van der Waals surface area contributed by atoms with E-state index in [1.807, 2.05) is 13.8 Å². The van der Waals surface area contributed by atoms with E-state index in [0.717, 1.165) is 10.4 Å². The van der Waals surface area contributed by atoms with E-state index in [2.05, 4.69) is 9.97 Å². The highest BCUT2D eigenvalue weighted by Crippen LogP contribution is 2.25. The molecule has 0 aliphatic carbocycles. The predicted octanol–water partition coefficient (Wildman–Crippen LogP) is 1.59. The zero-order valence-corrected chi connectivity index (χ0v) is 11.6. The molecule has 0 fully saturated rings. The summed E-state index contributed by atoms with van der Waals surface area (Å²) in [6.45, 7) is 5.21. The molecule has 102 valence electrons. The van der Waals surface area contributed by atoms with Crippen molar-refractivity contribution >= 4 is 27.5 Å². The smallest absolute Gasteiger partial charge is 0.332 e. The summed E-state index contributed by atoms with van der Waals surface area (Å²) in [5.74, 6) is -0.710. The number of hydrogen-bond donors (Lipinski definition) is 2. The van der Waals surface area contributed by atoms with E-state index in [1.165, 1.54) is 18.3 Å². The van der Waals surface area contributed by atoms with Crippen molar-refractivity contribution in [3.8, 4) is 0 Å². The standard InChI is InChI=1S/C12H14N2O4S/c1-5-7(3)19-11-9(5)10(15)13-8(14-11)4-18-6(2)12(16)17/h6H,4H2,1-3H3,(H,16,17)(H,13,14,15). The minimum Gasteiger partial charge on any atom is -0.479 e. The highest BCUT2D eigenvalue weighted by atomic mass is 32.1. The van der Waals surface area contributed by atoms with Gasteiger partial charge in [-0.25, -0.2) is 9.78 Å². The maximum absolute atomic E-state index is 12.0. The Morgan fingerprint density at radius 1 is 1.53 bits per heavy atom. The van der Waals surface area contributed by atoms with E-state index >= 15 is 0 Å². The lowest BCUT2D eigenvalue weighted by Gasteiger charge is -2.07. The van der Waals surface area contributed by atoms with Crippen LogP contribution in [0.2, 0.25) is 0 Å². The number of nitrogens with zero attached hydrogens (tertiary/aromatic N) is 1. The first-order chi connectivity index (χ1) is 8.90. The molecule has 0 saturated carbocycles. The van der Waals surface area contributed by atoms with Gasteiger partial charge < -0.3 is 14.8 Å². The molecule has 2 aromatic heterocycles. The van der Waals surface area contributed by atoms with Crippen molar-refractivity contribution < 1.29 is 14.6 Å². The van der Waals surface area contributed by atoms with Gasteiger partial charge in [0.25, 0.3) is 5.56 Å². The minimum absolute atomic E-state index is 0.0331. The Kier molecular flexibility index (Phi) is 3.68. The molecule has 0 radical (unpaired) electrons. The van der Waals surface area contributed by atoms with Crippen LogP contribution in [0.1, 0.15) is 23.2 Å². The number of aryl methyl sites for hydroxylation is 2. The molecule has 0 bridgehead atoms. The molecule has 0 spiro atoms. The molecule has 0 amide bonds. The molecule has 2 heterocycles. The lowest BCUT2D eigenvalue weighted by Crippen LogP contribution is -2.21. The van der Waals surface area contributed by atoms with Crippen LogP contribution in [0.4, 0.5) is 0 Å². The molecular weight excluding hydrogens is 268 g/mol. The van der Waals surface area contributed by atoms with Gasteiger partial charge in [-0.15, -0.1) is 11.3 Å². The number of ether oxygens (including phenoxy) is 1. The maximum atomic E-state index is 12.0. The number of aromatic amines is 1. The Morgan fingerprint density at radius 2 is 2.21 bits per heavy atom. The van der Waals surface area contributed by atoms with Gasteiger partial charge in [-0.05, 0) is 26.3 Å². The van der Waals surface area contributed by atoms with Crippen LogP contribution in [-0.2, 0) is 16.1 Å². The summed E-state index contributed by atoms with van der Waals surface area (Å²) >= 11 is 1.44. The average Bonchev–Trinajstić information content (AvgIpc) is 2.62. The van der Waals surface area contributed by atoms with E-state index in [-0.39, 0.29) is 12.2 Å². The molecule has 19 heavy (non-hydrogen) atoms. The van der Waals surface area contributed by atoms with Crippen molar-refractivity contribution in [2.24, 2.45) is 0 Å². The third-order valence-corrected chi connectivity index (χ3v) is 4.01. The number of rotatable bonds is 4. The van der Waals surface area contributed by atoms with Crippen LogP contribution in [0.5, 0.6) is 0 Å². The Bertz CT molecular complexity index is 689. The molecule has 6 nitrogen and oxygen atoms in total. The van der Waals surface area contributed by atoms with Crippen molar-refractivity contribution in [3.63, 3.8) is 0 Å². The summed E-state index contributed by atoms with van der Waals surface area (Å²) in [6, 6.07) is 0. The van der Waals surface area contributed by atoms with Gasteiger partial charge in [0.2, 0.25) is 0 Å². The van der Waals surface area contributed by atoms with Gasteiger partial charge in [0.1, 0.15) is 17.3 Å². The molecule has 0 aliphatic heterocycles. The SMILES string of the molecule is Cc1sc2nc(COC(C)C(=O)O)[nH]c(=O)c2c1C. The van der Waals surface area contributed by atoms with Gasteiger partial charge in [-0.2, -0.15) is 0 Å². The van der Waals surface area contributed by atoms with Crippen molar-refractivity contribution in [3.05, 3.63) is 26.6 Å². The molecular formula is C12H14N2O4S. The number of H-pyrrole nitrogens is 1. The van der Waals surface area contributed by atoms with Gasteiger partial charge >= 0.3 is 5.97 Å². The van der Waals surface area contributed by atoms with Crippen LogP contribution in [0.3, 0.4) is 0 Å². The molecule has 2 aromatic rings. The van der Waals surface area contributed by atoms with E-state index < -0.39 is 12.1 Å². The van der Waals surface area contributed by atoms with Crippen molar-refractivity contribution in [1.29, 1.82) is 0 Å². The van der Waals surface area contributed by atoms with Crippen LogP contribution < -0.4 is 5.56 Å². The van der Waals surface area contributed by atoms with Crippen LogP contribution >= 0.6 is 11.3 Å². The zero-order chi connectivity index (χ0) is 14.2. The fraction of sp³-hybridized carbons (Fsp3) is 0.417. The number of thiophene rings is 1. The summed E-state index contributed by atoms with van der Waals surface area (Å²) < 4.78 is 5.10. The third-order valence-electron chi connectivity index (χ3n) is 2.91. The lowest BCUT2D eigenvalue weighted by molar-refractivity contribution is -0.150. The van der Waals surface area contributed by atoms with Crippen LogP contribution in [0.25, 0.3) is 10.2 Å². The first kappa shape index (κ1) is 13.7. The quantitative estimate of drug-likeness (QED) is 0.888. The summed E-state index contributed by atoms with van der Waals surface area (Å²) in [5, 5.41) is 9.31. The van der Waals surface area contributed by atoms with Crippen molar-refractivity contribution in [1.82, 2.24) is 9.97 Å². The van der Waals surface area contributed by atoms with E-state index in [0.29, 0.717) is 16.0 Å². The molecule has 0 saturated heterocycles. The Morgan fingerprint density at radius 3 is 2.84 bits per heavy atom. The van der Waals surface area contributed by atoms with Crippen LogP contribution in [0, 0.1) is 13.8 Å². The first-order valence-corrected chi connectivity index (χ1v) is 6.55. The minimum atomic E-state index is -1.05. The third kappa shape index (κ3) is 2.66. The largest absolute Gasteiger partial charge is 0.479 e. The fourth-order valence-corrected chi connectivity index (χ4v) is 2.69. The summed E-state index contributed by atoms with van der Waals surface area (Å²) in [5.41, 5.74) is 0.716. The number of carboxylic acid groups (broad SMARTS) is 1. The zero-order valence-electron chi connectivity index (χ0n) is 10.8. The molecule has 2 N–H and O–H groups in total. The number of fused-ring (bicyclic) bond motifs is 1. The summed E-state index contributed by atoms with van der Waals surface area (Å²) in [7, 11) is 0. The van der Waals surface area contributed by atoms with Crippen molar-refractivity contribution in [2.75, 3.05) is 0 Å². The number of carbonyl (C=O) groups is 1. The van der Waals surface area contributed by atoms with Gasteiger partial charge in [-0.1, -0.05) is 0 Å². The van der Waals surface area contributed by atoms with E-state index in [1.54, 1.807) is 0 Å². The van der Waals surface area contributed by atoms with Gasteiger partial charge in [0, 0.05) is 4.88 Å². The summed E-state index contributed by atoms with van der Waals surface area (Å²) in [4.78, 5) is 31.2. The molecule has 1 atom stereocenters. The Labute approximate surface area is 113 Å². The monoisotopic (exact) mass is 282 g/mol. The molecule has 7 heteroatoms. The Hall–Kier alpha value is -1.73. The topological polar surface area (TPSA) is 92.3 Å². The fourth-order valence-electron chi connectivity index (χ4n) is 1.64. The summed E-state index contributed by atoms with van der Waals surface area (Å²) in [6.07, 6.45) is -0.937. The number of aromatic nitrogens is 2. The van der Waals surface area contributed by atoms with Crippen LogP contribution in [-0.4, -0.2) is 27.1 Å². The number of carboxylic acids is 1. The average molecular weight is 282 g/mol. The Balaban J connectivity index is 2.31. The highest BCUT2D eigenvalue weighted by molar-refractivity contribution is 7.18. The van der Waals surface area contributed by atoms with Crippen LogP contribution in [0.15, 0.2) is 4.79 Å². The number of hydrogen-bond acceptors (Lipinski definition) is 5. The first-order valence-electron chi connectivity index (χ1n) is 5.73. The van der Waals surface area contributed by atoms with Crippen molar-refractivity contribution in [2.45, 2.75) is 33.5 Å². The second-order valence-electron chi connectivity index (χ2n) is 4.27. The second kappa shape index (κ2) is 5.10. The predicted molar refractivity (Wildman–Crippen MR) is 71.6 cm³/mol. The molecule has 0 aliphatic rings. The number of aliphatic carboxylic acids is 1. The highest BCUT2D eigenvalue weighted by Gasteiger charge is 2.14. The second-order valence-corrected chi connectivity index (χ2v) is 5.47. The normalized spacial score (nSPS) is 12.8. The lowest BCUT2D eigenvalue weighted by atomic mass is 10.2. The van der Waals surface area contributed by atoms with Gasteiger partial charge in [0.15, 0.2) is 6.10 Å². The molecule has 0 aromatic carbocycles. The van der Waals surface area contributed by atoms with Gasteiger partial charge in [-0.3, -0.25) is 4.79 Å².